The van der Waals surface area contributed by atoms with Gasteiger partial charge in [0.25, 0.3) is 5.56 Å². The van der Waals surface area contributed by atoms with Crippen LogP contribution in [-0.2, 0) is 9.53 Å². The Morgan fingerprint density at radius 3 is 2.37 bits per heavy atom. The molecule has 0 fully saturated rings. The average molecular weight is 491 g/mol. The summed E-state index contributed by atoms with van der Waals surface area (Å²) in [5, 5.41) is 0. The Bertz CT molecular complexity index is 1430. The second-order valence-electron chi connectivity index (χ2n) is 8.63. The Kier molecular flexibility index (Phi) is 7.36. The van der Waals surface area contributed by atoms with Gasteiger partial charge in [0.1, 0.15) is 5.75 Å². The Morgan fingerprint density at radius 1 is 1.09 bits per heavy atom. The van der Waals surface area contributed by atoms with Crippen molar-refractivity contribution in [2.75, 3.05) is 13.2 Å². The van der Waals surface area contributed by atoms with Crippen LogP contribution < -0.4 is 19.6 Å². The largest absolute Gasteiger partial charge is 0.494 e. The van der Waals surface area contributed by atoms with Crippen LogP contribution in [0.4, 0.5) is 0 Å². The van der Waals surface area contributed by atoms with E-state index in [0.717, 1.165) is 16.9 Å². The Hall–Kier alpha value is -3.45. The zero-order valence-electron chi connectivity index (χ0n) is 20.7. The number of aromatic nitrogens is 1. The van der Waals surface area contributed by atoms with Crippen LogP contribution in [-0.4, -0.2) is 23.8 Å². The van der Waals surface area contributed by atoms with Crippen molar-refractivity contribution in [3.8, 4) is 5.75 Å². The summed E-state index contributed by atoms with van der Waals surface area (Å²) < 4.78 is 13.1. The van der Waals surface area contributed by atoms with Crippen molar-refractivity contribution in [1.82, 2.24) is 4.57 Å². The smallest absolute Gasteiger partial charge is 0.338 e. The quantitative estimate of drug-likeness (QED) is 0.463. The number of allylic oxidation sites excluding steroid dienone is 1. The standard InChI is InChI=1S/C28H30N2O4S/c1-6-33-22-14-12-21(13-15-22)25-24(27(32)34-7-2)18(5)29-28-30(25)26(31)23(35-28)16-19-8-10-20(11-9-19)17(3)4/h8-17,25H,6-7H2,1-5H3/b23-16-/t25-/m1/s1. The van der Waals surface area contributed by atoms with Crippen LogP contribution in [0.3, 0.4) is 0 Å². The highest BCUT2D eigenvalue weighted by molar-refractivity contribution is 7.07. The summed E-state index contributed by atoms with van der Waals surface area (Å²) in [5.41, 5.74) is 3.72. The minimum Gasteiger partial charge on any atom is -0.494 e. The first kappa shape index (κ1) is 24.7. The Morgan fingerprint density at radius 2 is 1.77 bits per heavy atom. The van der Waals surface area contributed by atoms with E-state index >= 15 is 0 Å². The van der Waals surface area contributed by atoms with Gasteiger partial charge in [-0.1, -0.05) is 61.6 Å². The third-order valence-corrected chi connectivity index (χ3v) is 6.91. The fourth-order valence-corrected chi connectivity index (χ4v) is 5.20. The van der Waals surface area contributed by atoms with Gasteiger partial charge in [-0.2, -0.15) is 0 Å². The van der Waals surface area contributed by atoms with Crippen LogP contribution in [0.2, 0.25) is 0 Å². The maximum Gasteiger partial charge on any atom is 0.338 e. The molecule has 0 radical (unpaired) electrons. The molecule has 0 spiro atoms. The van der Waals surface area contributed by atoms with Gasteiger partial charge >= 0.3 is 5.97 Å². The van der Waals surface area contributed by atoms with Crippen molar-refractivity contribution in [3.63, 3.8) is 0 Å². The minimum atomic E-state index is -0.633. The van der Waals surface area contributed by atoms with E-state index in [1.165, 1.54) is 16.9 Å². The van der Waals surface area contributed by atoms with Crippen LogP contribution in [0.15, 0.2) is 69.6 Å². The zero-order chi connectivity index (χ0) is 25.1. The molecule has 0 saturated carbocycles. The number of hydrogen-bond acceptors (Lipinski definition) is 6. The maximum atomic E-state index is 13.7. The molecule has 7 heteroatoms. The van der Waals surface area contributed by atoms with E-state index in [9.17, 15) is 9.59 Å². The second kappa shape index (κ2) is 10.4. The molecular formula is C28H30N2O4S. The predicted molar refractivity (Wildman–Crippen MR) is 139 cm³/mol. The summed E-state index contributed by atoms with van der Waals surface area (Å²) in [7, 11) is 0. The number of rotatable bonds is 7. The molecule has 0 aliphatic carbocycles. The first-order valence-electron chi connectivity index (χ1n) is 11.9. The lowest BCUT2D eigenvalue weighted by Gasteiger charge is -2.24. The van der Waals surface area contributed by atoms with Crippen LogP contribution in [0.1, 0.15) is 63.3 Å². The molecule has 1 aromatic heterocycles. The molecule has 0 amide bonds. The molecule has 2 heterocycles. The van der Waals surface area contributed by atoms with E-state index in [-0.39, 0.29) is 12.2 Å². The second-order valence-corrected chi connectivity index (χ2v) is 9.63. The first-order chi connectivity index (χ1) is 16.8. The molecule has 0 N–H and O–H groups in total. The Labute approximate surface area is 208 Å². The van der Waals surface area contributed by atoms with Gasteiger partial charge in [0.05, 0.1) is 35.1 Å². The average Bonchev–Trinajstić information content (AvgIpc) is 3.13. The minimum absolute atomic E-state index is 0.185. The molecule has 4 rings (SSSR count). The lowest BCUT2D eigenvalue weighted by Crippen LogP contribution is -2.39. The van der Waals surface area contributed by atoms with Gasteiger partial charge in [-0.15, -0.1) is 0 Å². The highest BCUT2D eigenvalue weighted by Crippen LogP contribution is 2.31. The van der Waals surface area contributed by atoms with E-state index in [2.05, 4.69) is 31.0 Å². The summed E-state index contributed by atoms with van der Waals surface area (Å²) >= 11 is 1.33. The van der Waals surface area contributed by atoms with Gasteiger partial charge in [-0.3, -0.25) is 9.36 Å². The molecule has 3 aromatic rings. The molecule has 1 aliphatic rings. The van der Waals surface area contributed by atoms with Crippen molar-refractivity contribution in [2.24, 2.45) is 4.99 Å². The van der Waals surface area contributed by atoms with Crippen LogP contribution in [0.25, 0.3) is 6.08 Å². The van der Waals surface area contributed by atoms with Gasteiger partial charge in [0.2, 0.25) is 0 Å². The van der Waals surface area contributed by atoms with Gasteiger partial charge in [-0.25, -0.2) is 9.79 Å². The molecule has 6 nitrogen and oxygen atoms in total. The van der Waals surface area contributed by atoms with E-state index in [4.69, 9.17) is 9.47 Å². The van der Waals surface area contributed by atoms with Gasteiger partial charge < -0.3 is 9.47 Å². The van der Waals surface area contributed by atoms with Crippen LogP contribution in [0.5, 0.6) is 5.75 Å². The summed E-state index contributed by atoms with van der Waals surface area (Å²) in [6.07, 6.45) is 1.88. The van der Waals surface area contributed by atoms with Crippen molar-refractivity contribution < 1.29 is 14.3 Å². The SMILES string of the molecule is CCOC(=O)C1=C(C)N=c2s/c(=C\c3ccc(C(C)C)cc3)c(=O)n2[C@@H]1c1ccc(OCC)cc1. The highest BCUT2D eigenvalue weighted by Gasteiger charge is 2.33. The fourth-order valence-electron chi connectivity index (χ4n) is 4.15. The number of carbonyl (C=O) groups excluding carboxylic acids is 1. The zero-order valence-corrected chi connectivity index (χ0v) is 21.5. The summed E-state index contributed by atoms with van der Waals surface area (Å²) in [4.78, 5) is 31.8. The molecule has 2 aromatic carbocycles. The van der Waals surface area contributed by atoms with Gasteiger partial charge in [-0.05, 0) is 61.6 Å². The lowest BCUT2D eigenvalue weighted by atomic mass is 9.96. The normalized spacial score (nSPS) is 15.7. The molecule has 0 bridgehead atoms. The van der Waals surface area contributed by atoms with E-state index in [0.29, 0.717) is 33.1 Å². The number of fused-ring (bicyclic) bond motifs is 1. The Balaban J connectivity index is 1.87. The van der Waals surface area contributed by atoms with E-state index < -0.39 is 12.0 Å². The van der Waals surface area contributed by atoms with Crippen molar-refractivity contribution >= 4 is 23.4 Å². The van der Waals surface area contributed by atoms with E-state index in [1.807, 2.05) is 49.4 Å². The molecule has 0 saturated heterocycles. The predicted octanol–water partition coefficient (Wildman–Crippen LogP) is 4.32. The highest BCUT2D eigenvalue weighted by atomic mass is 32.1. The van der Waals surface area contributed by atoms with Gasteiger partial charge in [0, 0.05) is 0 Å². The summed E-state index contributed by atoms with van der Waals surface area (Å²) in [6.45, 7) is 10.6. The van der Waals surface area contributed by atoms with Crippen molar-refractivity contribution in [1.29, 1.82) is 0 Å². The third-order valence-electron chi connectivity index (χ3n) is 5.92. The van der Waals surface area contributed by atoms with Crippen LogP contribution >= 0.6 is 11.3 Å². The molecule has 182 valence electrons. The van der Waals surface area contributed by atoms with Crippen molar-refractivity contribution in [3.05, 3.63) is 96.2 Å². The number of benzene rings is 2. The number of nitrogens with zero attached hydrogens (tertiary/aromatic N) is 2. The number of hydrogen-bond donors (Lipinski definition) is 0. The maximum absolute atomic E-state index is 13.7. The third kappa shape index (κ3) is 5.00. The van der Waals surface area contributed by atoms with Crippen LogP contribution in [0, 0.1) is 0 Å². The van der Waals surface area contributed by atoms with Gasteiger partial charge in [0.15, 0.2) is 4.80 Å². The molecule has 0 unspecified atom stereocenters. The molecular weight excluding hydrogens is 460 g/mol. The molecule has 1 aliphatic heterocycles. The monoisotopic (exact) mass is 490 g/mol. The van der Waals surface area contributed by atoms with E-state index in [1.54, 1.807) is 18.4 Å². The molecule has 1 atom stereocenters. The molecule has 35 heavy (non-hydrogen) atoms. The number of esters is 1. The lowest BCUT2D eigenvalue weighted by molar-refractivity contribution is -0.139. The topological polar surface area (TPSA) is 69.9 Å². The number of carbonyl (C=O) groups is 1. The van der Waals surface area contributed by atoms with Crippen molar-refractivity contribution in [2.45, 2.75) is 46.6 Å². The first-order valence-corrected chi connectivity index (χ1v) is 12.7. The number of ether oxygens (including phenoxy) is 2. The summed E-state index contributed by atoms with van der Waals surface area (Å²) in [6, 6.07) is 15.0. The fraction of sp³-hybridized carbons (Fsp3) is 0.321. The number of thiazole rings is 1. The summed E-state index contributed by atoms with van der Waals surface area (Å²) in [5.74, 6) is 0.700.